The molecule has 3 aromatic rings. The van der Waals surface area contributed by atoms with Gasteiger partial charge in [-0.2, -0.15) is 0 Å². The fourth-order valence-electron chi connectivity index (χ4n) is 2.50. The molecule has 0 unspecified atom stereocenters. The van der Waals surface area contributed by atoms with Gasteiger partial charge in [0.05, 0.1) is 12.0 Å². The predicted octanol–water partition coefficient (Wildman–Crippen LogP) is 3.01. The van der Waals surface area contributed by atoms with Crippen LogP contribution in [0, 0.1) is 0 Å². The van der Waals surface area contributed by atoms with Gasteiger partial charge in [-0.05, 0) is 48.7 Å². The fourth-order valence-corrected chi connectivity index (χ4v) is 2.50. The van der Waals surface area contributed by atoms with Crippen LogP contribution in [0.5, 0.6) is 23.0 Å². The second kappa shape index (κ2) is 6.54. The number of hydrogen-bond donors (Lipinski definition) is 4. The fraction of sp³-hybridized carbons (Fsp3) is 0.167. The Morgan fingerprint density at radius 1 is 0.833 bits per heavy atom. The van der Waals surface area contributed by atoms with Crippen molar-refractivity contribution in [2.45, 2.75) is 19.4 Å². The van der Waals surface area contributed by atoms with Gasteiger partial charge in [-0.25, -0.2) is 4.98 Å². The van der Waals surface area contributed by atoms with Crippen molar-refractivity contribution in [2.24, 2.45) is 0 Å². The Balaban J connectivity index is 1.61. The lowest BCUT2D eigenvalue weighted by Crippen LogP contribution is -1.96. The van der Waals surface area contributed by atoms with E-state index in [0.717, 1.165) is 30.5 Å². The number of aromatic nitrogens is 2. The molecule has 0 fully saturated rings. The van der Waals surface area contributed by atoms with E-state index in [0.29, 0.717) is 5.69 Å². The van der Waals surface area contributed by atoms with E-state index in [9.17, 15) is 20.4 Å². The lowest BCUT2D eigenvalue weighted by atomic mass is 10.1. The molecule has 0 atom stereocenters. The van der Waals surface area contributed by atoms with Crippen molar-refractivity contribution >= 4 is 0 Å². The van der Waals surface area contributed by atoms with E-state index in [1.54, 1.807) is 24.5 Å². The Kier molecular flexibility index (Phi) is 4.29. The summed E-state index contributed by atoms with van der Waals surface area (Å²) >= 11 is 0. The predicted molar refractivity (Wildman–Crippen MR) is 89.1 cm³/mol. The monoisotopic (exact) mass is 326 g/mol. The molecule has 24 heavy (non-hydrogen) atoms. The normalized spacial score (nSPS) is 10.8. The van der Waals surface area contributed by atoms with Crippen LogP contribution >= 0.6 is 0 Å². The van der Waals surface area contributed by atoms with Crippen LogP contribution in [0.2, 0.25) is 0 Å². The Labute approximate surface area is 138 Å². The highest BCUT2D eigenvalue weighted by atomic mass is 16.3. The van der Waals surface area contributed by atoms with Gasteiger partial charge in [0.15, 0.2) is 23.0 Å². The first-order chi connectivity index (χ1) is 11.5. The Hall–Kier alpha value is -3.15. The number of benzene rings is 2. The quantitative estimate of drug-likeness (QED) is 0.540. The standard InChI is InChI=1S/C18H18N2O4/c21-15-5-3-12(8-17(15)23)2-1-7-20-10-14(19-11-20)13-4-6-16(22)18(24)9-13/h3-6,8-11,21-24H,1-2,7H2. The SMILES string of the molecule is Oc1ccc(CCCn2cnc(-c3ccc(O)c(O)c3)c2)cc1O. The van der Waals surface area contributed by atoms with Gasteiger partial charge in [-0.15, -0.1) is 0 Å². The highest BCUT2D eigenvalue weighted by molar-refractivity contribution is 5.62. The summed E-state index contributed by atoms with van der Waals surface area (Å²) < 4.78 is 1.94. The van der Waals surface area contributed by atoms with Gasteiger partial charge in [0.1, 0.15) is 0 Å². The number of hydrogen-bond acceptors (Lipinski definition) is 5. The molecular weight excluding hydrogens is 308 g/mol. The molecule has 1 heterocycles. The number of phenols is 4. The van der Waals surface area contributed by atoms with Crippen LogP contribution in [0.4, 0.5) is 0 Å². The Bertz CT molecular complexity index is 858. The summed E-state index contributed by atoms with van der Waals surface area (Å²) in [6, 6.07) is 9.43. The van der Waals surface area contributed by atoms with Crippen molar-refractivity contribution < 1.29 is 20.4 Å². The molecule has 6 heteroatoms. The van der Waals surface area contributed by atoms with Crippen LogP contribution in [0.3, 0.4) is 0 Å². The molecule has 0 aliphatic heterocycles. The lowest BCUT2D eigenvalue weighted by Gasteiger charge is -2.04. The first-order valence-electron chi connectivity index (χ1n) is 7.58. The molecule has 0 aliphatic rings. The summed E-state index contributed by atoms with van der Waals surface area (Å²) in [6.45, 7) is 0.749. The molecule has 0 radical (unpaired) electrons. The van der Waals surface area contributed by atoms with E-state index in [1.165, 1.54) is 18.2 Å². The lowest BCUT2D eigenvalue weighted by molar-refractivity contribution is 0.403. The Morgan fingerprint density at radius 2 is 1.54 bits per heavy atom. The summed E-state index contributed by atoms with van der Waals surface area (Å²) in [5.41, 5.74) is 2.40. The first-order valence-corrected chi connectivity index (χ1v) is 7.58. The number of rotatable bonds is 5. The molecule has 0 amide bonds. The Morgan fingerprint density at radius 3 is 2.25 bits per heavy atom. The molecule has 0 saturated carbocycles. The van der Waals surface area contributed by atoms with Crippen molar-refractivity contribution in [2.75, 3.05) is 0 Å². The van der Waals surface area contributed by atoms with E-state index in [1.807, 2.05) is 10.8 Å². The zero-order chi connectivity index (χ0) is 17.1. The van der Waals surface area contributed by atoms with Crippen molar-refractivity contribution in [3.63, 3.8) is 0 Å². The maximum absolute atomic E-state index is 9.55. The topological polar surface area (TPSA) is 98.7 Å². The molecule has 0 bridgehead atoms. The van der Waals surface area contributed by atoms with E-state index in [-0.39, 0.29) is 23.0 Å². The second-order valence-electron chi connectivity index (χ2n) is 5.63. The third-order valence-corrected chi connectivity index (χ3v) is 3.83. The third-order valence-electron chi connectivity index (χ3n) is 3.83. The second-order valence-corrected chi connectivity index (χ2v) is 5.63. The summed E-state index contributed by atoms with van der Waals surface area (Å²) in [4.78, 5) is 4.31. The zero-order valence-corrected chi connectivity index (χ0v) is 12.9. The molecule has 4 N–H and O–H groups in total. The van der Waals surface area contributed by atoms with E-state index in [2.05, 4.69) is 4.98 Å². The molecular formula is C18H18N2O4. The van der Waals surface area contributed by atoms with E-state index >= 15 is 0 Å². The molecule has 124 valence electrons. The molecule has 6 nitrogen and oxygen atoms in total. The summed E-state index contributed by atoms with van der Waals surface area (Å²) in [5.74, 6) is -0.552. The van der Waals surface area contributed by atoms with Gasteiger partial charge in [0, 0.05) is 18.3 Å². The maximum atomic E-state index is 9.55. The highest BCUT2D eigenvalue weighted by Gasteiger charge is 2.06. The van der Waals surface area contributed by atoms with Crippen molar-refractivity contribution in [1.82, 2.24) is 9.55 Å². The van der Waals surface area contributed by atoms with Crippen molar-refractivity contribution in [3.8, 4) is 34.3 Å². The number of aryl methyl sites for hydroxylation is 2. The molecule has 3 rings (SSSR count). The smallest absolute Gasteiger partial charge is 0.158 e. The van der Waals surface area contributed by atoms with Crippen LogP contribution in [0.1, 0.15) is 12.0 Å². The van der Waals surface area contributed by atoms with Crippen LogP contribution < -0.4 is 0 Å². The number of aromatic hydroxyl groups is 4. The van der Waals surface area contributed by atoms with Crippen molar-refractivity contribution in [3.05, 3.63) is 54.5 Å². The van der Waals surface area contributed by atoms with Gasteiger partial charge in [0.25, 0.3) is 0 Å². The van der Waals surface area contributed by atoms with Crippen LogP contribution in [0.15, 0.2) is 48.9 Å². The molecule has 0 aliphatic carbocycles. The van der Waals surface area contributed by atoms with Crippen LogP contribution in [0.25, 0.3) is 11.3 Å². The van der Waals surface area contributed by atoms with Gasteiger partial charge >= 0.3 is 0 Å². The average molecular weight is 326 g/mol. The van der Waals surface area contributed by atoms with Crippen molar-refractivity contribution in [1.29, 1.82) is 0 Å². The third kappa shape index (κ3) is 3.43. The van der Waals surface area contributed by atoms with Crippen LogP contribution in [-0.4, -0.2) is 30.0 Å². The maximum Gasteiger partial charge on any atom is 0.158 e. The number of imidazole rings is 1. The molecule has 0 spiro atoms. The molecule has 2 aromatic carbocycles. The zero-order valence-electron chi connectivity index (χ0n) is 12.9. The number of phenolic OH excluding ortho intramolecular Hbond substituents is 4. The molecule has 0 saturated heterocycles. The van der Waals surface area contributed by atoms with Crippen LogP contribution in [-0.2, 0) is 13.0 Å². The minimum atomic E-state index is -0.172. The molecule has 1 aromatic heterocycles. The van der Waals surface area contributed by atoms with Gasteiger partial charge in [-0.3, -0.25) is 0 Å². The minimum absolute atomic E-state index is 0.107. The highest BCUT2D eigenvalue weighted by Crippen LogP contribution is 2.29. The summed E-state index contributed by atoms with van der Waals surface area (Å²) in [6.07, 6.45) is 5.20. The van der Waals surface area contributed by atoms with Gasteiger partial charge < -0.3 is 25.0 Å². The first kappa shape index (κ1) is 15.7. The van der Waals surface area contributed by atoms with E-state index in [4.69, 9.17) is 0 Å². The summed E-state index contributed by atoms with van der Waals surface area (Å²) in [5, 5.41) is 37.7. The van der Waals surface area contributed by atoms with Gasteiger partial charge in [-0.1, -0.05) is 6.07 Å². The van der Waals surface area contributed by atoms with Gasteiger partial charge in [0.2, 0.25) is 0 Å². The largest absolute Gasteiger partial charge is 0.504 e. The summed E-state index contributed by atoms with van der Waals surface area (Å²) in [7, 11) is 0. The van der Waals surface area contributed by atoms with E-state index < -0.39 is 0 Å². The number of nitrogens with zero attached hydrogens (tertiary/aromatic N) is 2. The minimum Gasteiger partial charge on any atom is -0.504 e. The average Bonchev–Trinajstić information content (AvgIpc) is 3.02.